The fourth-order valence-corrected chi connectivity index (χ4v) is 2.18. The first-order valence-electron chi connectivity index (χ1n) is 5.71. The maximum absolute atomic E-state index is 13.6. The summed E-state index contributed by atoms with van der Waals surface area (Å²) in [6.07, 6.45) is 0. The maximum atomic E-state index is 13.6. The minimum Gasteiger partial charge on any atom is -0.288 e. The molecular weight excluding hydrogens is 300 g/mol. The van der Waals surface area contributed by atoms with E-state index in [-0.39, 0.29) is 23.0 Å². The molecule has 1 aromatic carbocycles. The van der Waals surface area contributed by atoms with Gasteiger partial charge < -0.3 is 0 Å². The predicted octanol–water partition coefficient (Wildman–Crippen LogP) is 2.46. The first kappa shape index (κ1) is 13.3. The van der Waals surface area contributed by atoms with Gasteiger partial charge in [0.05, 0.1) is 11.1 Å². The smallest absolute Gasteiger partial charge is 0.277 e. The molecule has 0 aliphatic heterocycles. The highest BCUT2D eigenvalue weighted by Gasteiger charge is 2.17. The molecule has 3 aromatic rings. The SMILES string of the molecule is O=C(Nc1n[nH]c(-c2c(F)cccc2F)n1)c1cscn1. The standard InChI is InChI=1S/C12H7F2N5OS/c13-6-2-1-3-7(14)9(6)10-16-12(19-18-10)17-11(20)8-4-21-5-15-8/h1-5H,(H2,16,17,18,19,20). The van der Waals surface area contributed by atoms with E-state index in [1.54, 1.807) is 5.38 Å². The number of aromatic nitrogens is 4. The van der Waals surface area contributed by atoms with Gasteiger partial charge in [0.15, 0.2) is 5.82 Å². The highest BCUT2D eigenvalue weighted by Crippen LogP contribution is 2.23. The number of nitrogens with one attached hydrogen (secondary N) is 2. The average molecular weight is 307 g/mol. The van der Waals surface area contributed by atoms with Crippen molar-refractivity contribution >= 4 is 23.2 Å². The molecule has 0 atom stereocenters. The Morgan fingerprint density at radius 3 is 2.71 bits per heavy atom. The van der Waals surface area contributed by atoms with Gasteiger partial charge in [-0.1, -0.05) is 6.07 Å². The number of rotatable bonds is 3. The molecule has 6 nitrogen and oxygen atoms in total. The second-order valence-electron chi connectivity index (χ2n) is 3.93. The summed E-state index contributed by atoms with van der Waals surface area (Å²) in [7, 11) is 0. The fraction of sp³-hybridized carbons (Fsp3) is 0. The van der Waals surface area contributed by atoms with Crippen molar-refractivity contribution in [3.63, 3.8) is 0 Å². The quantitative estimate of drug-likeness (QED) is 0.778. The van der Waals surface area contributed by atoms with Crippen LogP contribution in [0.2, 0.25) is 0 Å². The highest BCUT2D eigenvalue weighted by molar-refractivity contribution is 7.07. The normalized spacial score (nSPS) is 10.6. The molecule has 3 rings (SSSR count). The van der Waals surface area contributed by atoms with Gasteiger partial charge in [0.2, 0.25) is 5.95 Å². The minimum atomic E-state index is -0.775. The van der Waals surface area contributed by atoms with Gasteiger partial charge in [-0.15, -0.1) is 16.4 Å². The molecule has 0 bridgehead atoms. The fourth-order valence-electron chi connectivity index (χ4n) is 1.64. The third-order valence-electron chi connectivity index (χ3n) is 2.58. The molecule has 21 heavy (non-hydrogen) atoms. The summed E-state index contributed by atoms with van der Waals surface area (Å²) in [5.41, 5.74) is 1.38. The summed E-state index contributed by atoms with van der Waals surface area (Å²) in [6, 6.07) is 3.46. The number of amides is 1. The van der Waals surface area contributed by atoms with Crippen LogP contribution in [0, 0.1) is 11.6 Å². The van der Waals surface area contributed by atoms with Crippen molar-refractivity contribution in [3.8, 4) is 11.4 Å². The second-order valence-corrected chi connectivity index (χ2v) is 4.65. The van der Waals surface area contributed by atoms with Crippen LogP contribution in [0.1, 0.15) is 10.5 Å². The number of hydrogen-bond acceptors (Lipinski definition) is 5. The molecule has 0 fully saturated rings. The van der Waals surface area contributed by atoms with E-state index < -0.39 is 17.5 Å². The van der Waals surface area contributed by atoms with Crippen LogP contribution in [0.4, 0.5) is 14.7 Å². The van der Waals surface area contributed by atoms with Crippen LogP contribution in [0.5, 0.6) is 0 Å². The Bertz CT molecular complexity index is 767. The Morgan fingerprint density at radius 2 is 2.05 bits per heavy atom. The molecule has 0 saturated carbocycles. The largest absolute Gasteiger partial charge is 0.288 e. The Kier molecular flexibility index (Phi) is 3.40. The van der Waals surface area contributed by atoms with Gasteiger partial charge in [-0.3, -0.25) is 15.2 Å². The van der Waals surface area contributed by atoms with Crippen molar-refractivity contribution in [2.75, 3.05) is 5.32 Å². The minimum absolute atomic E-state index is 0.0920. The van der Waals surface area contributed by atoms with Crippen molar-refractivity contribution < 1.29 is 13.6 Å². The number of benzene rings is 1. The lowest BCUT2D eigenvalue weighted by molar-refractivity contribution is 0.102. The molecule has 2 heterocycles. The van der Waals surface area contributed by atoms with E-state index in [0.29, 0.717) is 0 Å². The van der Waals surface area contributed by atoms with Gasteiger partial charge in [0.1, 0.15) is 17.3 Å². The van der Waals surface area contributed by atoms with Crippen LogP contribution in [-0.4, -0.2) is 26.1 Å². The van der Waals surface area contributed by atoms with E-state index in [1.807, 2.05) is 0 Å². The highest BCUT2D eigenvalue weighted by atomic mass is 32.1. The maximum Gasteiger partial charge on any atom is 0.277 e. The van der Waals surface area contributed by atoms with Gasteiger partial charge in [-0.25, -0.2) is 13.8 Å². The Balaban J connectivity index is 1.85. The lowest BCUT2D eigenvalue weighted by Crippen LogP contribution is -2.13. The molecule has 0 radical (unpaired) electrons. The van der Waals surface area contributed by atoms with Crippen LogP contribution in [-0.2, 0) is 0 Å². The number of hydrogen-bond donors (Lipinski definition) is 2. The Labute approximate surface area is 120 Å². The van der Waals surface area contributed by atoms with E-state index in [0.717, 1.165) is 12.1 Å². The number of H-pyrrole nitrogens is 1. The third-order valence-corrected chi connectivity index (χ3v) is 3.16. The van der Waals surface area contributed by atoms with Crippen molar-refractivity contribution in [1.29, 1.82) is 0 Å². The van der Waals surface area contributed by atoms with Crippen LogP contribution in [0.3, 0.4) is 0 Å². The zero-order valence-corrected chi connectivity index (χ0v) is 11.1. The zero-order valence-electron chi connectivity index (χ0n) is 10.3. The first-order valence-corrected chi connectivity index (χ1v) is 6.66. The lowest BCUT2D eigenvalue weighted by Gasteiger charge is -1.99. The topological polar surface area (TPSA) is 83.6 Å². The molecule has 0 spiro atoms. The van der Waals surface area contributed by atoms with E-state index in [1.165, 1.54) is 22.9 Å². The van der Waals surface area contributed by atoms with Gasteiger partial charge in [0.25, 0.3) is 5.91 Å². The summed E-state index contributed by atoms with van der Waals surface area (Å²) in [5.74, 6) is -2.26. The van der Waals surface area contributed by atoms with E-state index in [2.05, 4.69) is 25.5 Å². The number of carbonyl (C=O) groups excluding carboxylic acids is 1. The molecule has 9 heteroatoms. The van der Waals surface area contributed by atoms with Gasteiger partial charge in [-0.05, 0) is 12.1 Å². The molecular formula is C12H7F2N5OS. The van der Waals surface area contributed by atoms with Crippen LogP contribution < -0.4 is 5.32 Å². The summed E-state index contributed by atoms with van der Waals surface area (Å²) in [6.45, 7) is 0. The van der Waals surface area contributed by atoms with Crippen molar-refractivity contribution in [2.24, 2.45) is 0 Å². The molecule has 0 aliphatic rings. The molecule has 0 unspecified atom stereocenters. The molecule has 106 valence electrons. The number of halogens is 2. The number of nitrogens with zero attached hydrogens (tertiary/aromatic N) is 3. The van der Waals surface area contributed by atoms with Crippen molar-refractivity contribution in [1.82, 2.24) is 20.2 Å². The van der Waals surface area contributed by atoms with Crippen molar-refractivity contribution in [3.05, 3.63) is 46.4 Å². The molecule has 2 aromatic heterocycles. The van der Waals surface area contributed by atoms with Crippen LogP contribution in [0.25, 0.3) is 11.4 Å². The van der Waals surface area contributed by atoms with Crippen molar-refractivity contribution in [2.45, 2.75) is 0 Å². The van der Waals surface area contributed by atoms with E-state index >= 15 is 0 Å². The molecule has 0 saturated heterocycles. The van der Waals surface area contributed by atoms with E-state index in [4.69, 9.17) is 0 Å². The summed E-state index contributed by atoms with van der Waals surface area (Å²) >= 11 is 1.26. The third kappa shape index (κ3) is 2.63. The van der Waals surface area contributed by atoms with E-state index in [9.17, 15) is 13.6 Å². The summed E-state index contributed by atoms with van der Waals surface area (Å²) in [4.78, 5) is 19.4. The molecule has 1 amide bonds. The van der Waals surface area contributed by atoms with Crippen LogP contribution >= 0.6 is 11.3 Å². The number of thiazole rings is 1. The Hall–Kier alpha value is -2.68. The number of carbonyl (C=O) groups is 1. The molecule has 2 N–H and O–H groups in total. The average Bonchev–Trinajstić information content (AvgIpc) is 3.10. The second kappa shape index (κ2) is 5.37. The predicted molar refractivity (Wildman–Crippen MR) is 71.8 cm³/mol. The van der Waals surface area contributed by atoms with Gasteiger partial charge in [0, 0.05) is 5.38 Å². The van der Waals surface area contributed by atoms with Crippen LogP contribution in [0.15, 0.2) is 29.1 Å². The zero-order chi connectivity index (χ0) is 14.8. The molecule has 0 aliphatic carbocycles. The lowest BCUT2D eigenvalue weighted by atomic mass is 10.2. The first-order chi connectivity index (χ1) is 10.1. The summed E-state index contributed by atoms with van der Waals surface area (Å²) < 4.78 is 27.2. The monoisotopic (exact) mass is 307 g/mol. The van der Waals surface area contributed by atoms with Gasteiger partial charge >= 0.3 is 0 Å². The Morgan fingerprint density at radius 1 is 1.29 bits per heavy atom. The number of aromatic amines is 1. The summed E-state index contributed by atoms with van der Waals surface area (Å²) in [5, 5.41) is 10.0. The van der Waals surface area contributed by atoms with Gasteiger partial charge in [-0.2, -0.15) is 4.98 Å². The number of anilines is 1.